The van der Waals surface area contributed by atoms with Crippen LogP contribution in [0.1, 0.15) is 26.7 Å². The lowest BCUT2D eigenvalue weighted by Crippen LogP contribution is -2.56. The fourth-order valence-electron chi connectivity index (χ4n) is 4.28. The predicted octanol–water partition coefficient (Wildman–Crippen LogP) is -2.62. The molecule has 0 aliphatic heterocycles. The zero-order valence-electron chi connectivity index (χ0n) is 24.0. The average Bonchev–Trinajstić information content (AvgIpc) is 2.96. The summed E-state index contributed by atoms with van der Waals surface area (Å²) in [4.78, 5) is 48.0. The van der Waals surface area contributed by atoms with Crippen LogP contribution >= 0.6 is 0 Å². The summed E-state index contributed by atoms with van der Waals surface area (Å²) in [5.74, 6) is -2.37. The number of nitrogens with two attached hydrogens (primary N) is 1. The van der Waals surface area contributed by atoms with Crippen molar-refractivity contribution in [1.82, 2.24) is 10.6 Å². The average molecular weight is 617 g/mol. The molecule has 0 radical (unpaired) electrons. The Bertz CT molecular complexity index is 1080. The summed E-state index contributed by atoms with van der Waals surface area (Å²) < 4.78 is 15.5. The molecule has 0 spiro atoms. The Hall–Kier alpha value is -3.61. The van der Waals surface area contributed by atoms with Crippen molar-refractivity contribution in [1.29, 1.82) is 0 Å². The van der Waals surface area contributed by atoms with Crippen LogP contribution in [-0.2, 0) is 33.4 Å². The second kappa shape index (κ2) is 18.8. The number of carboxylic acid groups (broad SMARTS) is 1. The molecular weight excluding hydrogens is 576 g/mol. The Morgan fingerprint density at radius 3 is 1.91 bits per heavy atom. The van der Waals surface area contributed by atoms with Crippen LogP contribution in [-0.4, -0.2) is 131 Å². The van der Waals surface area contributed by atoms with Gasteiger partial charge in [-0.1, -0.05) is 17.3 Å². The Morgan fingerprint density at radius 2 is 1.47 bits per heavy atom. The highest BCUT2D eigenvalue weighted by Gasteiger charge is 2.37. The first kappa shape index (κ1) is 37.4. The fraction of sp³-hybridized carbons (Fsp3) is 0.680. The molecule has 0 aromatic carbocycles. The third kappa shape index (κ3) is 12.7. The molecule has 0 heterocycles. The first-order chi connectivity index (χ1) is 20.3. The molecule has 0 fully saturated rings. The van der Waals surface area contributed by atoms with Gasteiger partial charge in [0.05, 0.1) is 63.9 Å². The van der Waals surface area contributed by atoms with Gasteiger partial charge < -0.3 is 56.1 Å². The number of carboxylic acids is 1. The third-order valence-corrected chi connectivity index (χ3v) is 6.27. The molecule has 0 aromatic rings. The van der Waals surface area contributed by atoms with Crippen LogP contribution in [0.3, 0.4) is 0 Å². The van der Waals surface area contributed by atoms with E-state index in [0.717, 1.165) is 0 Å². The number of carbonyl (C=O) groups excluding carboxylic acids is 3. The molecule has 2 rings (SSSR count). The van der Waals surface area contributed by atoms with E-state index in [4.69, 9.17) is 36.1 Å². The maximum Gasteiger partial charge on any atom is 0.333 e. The third-order valence-electron chi connectivity index (χ3n) is 6.27. The van der Waals surface area contributed by atoms with Crippen molar-refractivity contribution in [2.24, 2.45) is 10.8 Å². The highest BCUT2D eigenvalue weighted by atomic mass is 16.5. The van der Waals surface area contributed by atoms with Crippen molar-refractivity contribution in [3.05, 3.63) is 33.7 Å². The zero-order chi connectivity index (χ0) is 32.7. The second-order valence-electron chi connectivity index (χ2n) is 9.73. The Labute approximate surface area is 247 Å². The van der Waals surface area contributed by atoms with E-state index in [1.54, 1.807) is 0 Å². The lowest BCUT2D eigenvalue weighted by atomic mass is 9.88. The Kier molecular flexibility index (Phi) is 16.4. The molecule has 2 amide bonds. The molecular formula is C25H40N6O12. The van der Waals surface area contributed by atoms with Crippen molar-refractivity contribution in [3.63, 3.8) is 0 Å². The first-order valence-electron chi connectivity index (χ1n) is 13.2. The van der Waals surface area contributed by atoms with E-state index in [1.165, 1.54) is 33.1 Å². The maximum absolute atomic E-state index is 11.7. The van der Waals surface area contributed by atoms with E-state index in [9.17, 15) is 29.4 Å². The summed E-state index contributed by atoms with van der Waals surface area (Å²) in [6, 6.07) is -2.83. The smallest absolute Gasteiger partial charge is 0.333 e. The predicted molar refractivity (Wildman–Crippen MR) is 147 cm³/mol. The molecule has 0 saturated heterocycles. The molecule has 8 unspecified atom stereocenters. The molecule has 18 nitrogen and oxygen atoms in total. The van der Waals surface area contributed by atoms with Gasteiger partial charge in [-0.25, -0.2) is 9.59 Å². The largest absolute Gasteiger partial charge is 0.478 e. The number of nitrogens with zero attached hydrogens (tertiary/aromatic N) is 3. The number of azide groups is 1. The monoisotopic (exact) mass is 616 g/mol. The quantitative estimate of drug-likeness (QED) is 0.0456. The van der Waals surface area contributed by atoms with Crippen LogP contribution in [0.2, 0.25) is 0 Å². The number of hydrogen-bond donors (Lipinski definition) is 8. The van der Waals surface area contributed by atoms with Crippen LogP contribution in [0.25, 0.3) is 10.4 Å². The summed E-state index contributed by atoms with van der Waals surface area (Å²) >= 11 is 0. The van der Waals surface area contributed by atoms with Gasteiger partial charge in [0.2, 0.25) is 11.8 Å². The highest BCUT2D eigenvalue weighted by molar-refractivity contribution is 5.89. The van der Waals surface area contributed by atoms with Crippen LogP contribution in [0.4, 0.5) is 0 Å². The number of carbonyl (C=O) groups is 4. The summed E-state index contributed by atoms with van der Waals surface area (Å²) in [7, 11) is 1.22. The minimum atomic E-state index is -1.10. The number of aliphatic carboxylic acids is 1. The van der Waals surface area contributed by atoms with Crippen LogP contribution in [0, 0.1) is 0 Å². The number of amides is 2. The SMILES string of the molecule is CC(=O)NC1C(N)C=C(C(=O)O)CC1OCC(O)CO.COC(=O)C1=CC(N=[N+]=[N-])C(NC(C)=O)C(OCC(O)CO)C1. The molecule has 0 bridgehead atoms. The highest BCUT2D eigenvalue weighted by Crippen LogP contribution is 2.26. The molecule has 18 heteroatoms. The molecule has 43 heavy (non-hydrogen) atoms. The van der Waals surface area contributed by atoms with Gasteiger partial charge in [-0.2, -0.15) is 0 Å². The van der Waals surface area contributed by atoms with Crippen molar-refractivity contribution in [2.75, 3.05) is 33.5 Å². The number of methoxy groups -OCH3 is 1. The number of nitrogens with one attached hydrogen (secondary N) is 2. The van der Waals surface area contributed by atoms with E-state index in [2.05, 4.69) is 25.4 Å². The van der Waals surface area contributed by atoms with Crippen molar-refractivity contribution in [2.45, 2.75) is 75.3 Å². The van der Waals surface area contributed by atoms with E-state index in [1.807, 2.05) is 0 Å². The van der Waals surface area contributed by atoms with Crippen molar-refractivity contribution >= 4 is 23.8 Å². The molecule has 0 saturated carbocycles. The maximum atomic E-state index is 11.7. The molecule has 2 aliphatic rings. The van der Waals surface area contributed by atoms with Crippen molar-refractivity contribution < 1.29 is 58.9 Å². The van der Waals surface area contributed by atoms with Gasteiger partial charge in [-0.3, -0.25) is 9.59 Å². The Balaban J connectivity index is 0.000000434. The molecule has 2 aliphatic carbocycles. The van der Waals surface area contributed by atoms with Gasteiger partial charge in [-0.15, -0.1) is 0 Å². The summed E-state index contributed by atoms with van der Waals surface area (Å²) in [5, 5.41) is 54.1. The topological polar surface area (TPSA) is 296 Å². The van der Waals surface area contributed by atoms with Crippen LogP contribution < -0.4 is 16.4 Å². The van der Waals surface area contributed by atoms with Gasteiger partial charge in [0, 0.05) is 48.8 Å². The number of ether oxygens (including phenoxy) is 3. The number of esters is 1. The van der Waals surface area contributed by atoms with Gasteiger partial charge in [0.15, 0.2) is 0 Å². The lowest BCUT2D eigenvalue weighted by molar-refractivity contribution is -0.137. The number of aliphatic hydroxyl groups is 4. The summed E-state index contributed by atoms with van der Waals surface area (Å²) in [5.41, 5.74) is 14.9. The van der Waals surface area contributed by atoms with E-state index < -0.39 is 73.7 Å². The van der Waals surface area contributed by atoms with E-state index >= 15 is 0 Å². The molecule has 242 valence electrons. The first-order valence-corrected chi connectivity index (χ1v) is 13.2. The van der Waals surface area contributed by atoms with Gasteiger partial charge in [0.1, 0.15) is 12.2 Å². The van der Waals surface area contributed by atoms with Crippen LogP contribution in [0.15, 0.2) is 28.4 Å². The Morgan fingerprint density at radius 1 is 0.977 bits per heavy atom. The van der Waals surface area contributed by atoms with Crippen LogP contribution in [0.5, 0.6) is 0 Å². The van der Waals surface area contributed by atoms with Crippen molar-refractivity contribution in [3.8, 4) is 0 Å². The number of hydrogen-bond acceptors (Lipinski definition) is 13. The van der Waals surface area contributed by atoms with Gasteiger partial charge >= 0.3 is 11.9 Å². The molecule has 8 atom stereocenters. The minimum absolute atomic E-state index is 0.0616. The van der Waals surface area contributed by atoms with E-state index in [0.29, 0.717) is 0 Å². The normalized spacial score (nSPS) is 26.1. The van der Waals surface area contributed by atoms with E-state index in [-0.39, 0.29) is 49.0 Å². The number of aliphatic hydroxyl groups excluding tert-OH is 4. The fourth-order valence-corrected chi connectivity index (χ4v) is 4.28. The lowest BCUT2D eigenvalue weighted by Gasteiger charge is -2.35. The molecule has 9 N–H and O–H groups in total. The molecule has 0 aromatic heterocycles. The van der Waals surface area contributed by atoms with Gasteiger partial charge in [-0.05, 0) is 5.53 Å². The summed E-state index contributed by atoms with van der Waals surface area (Å²) in [6.07, 6.45) is -0.596. The summed E-state index contributed by atoms with van der Waals surface area (Å²) in [6.45, 7) is 1.29. The second-order valence-corrected chi connectivity index (χ2v) is 9.73. The number of rotatable bonds is 13. The van der Waals surface area contributed by atoms with Gasteiger partial charge in [0.25, 0.3) is 0 Å². The zero-order valence-corrected chi connectivity index (χ0v) is 24.0. The standard InChI is InChI=1S/C13H20N4O6.C12H20N2O6/c1-7(19)15-12-10(16-17-14)3-8(13(21)22-2)4-11(12)23-6-9(20)5-18;1-6(16)14-11-9(13)2-7(12(18)19)3-10(11)20-5-8(17)4-15/h3,9-12,18,20H,4-6H2,1-2H3,(H,15,19);2,8-11,15,17H,3-5,13H2,1H3,(H,14,16)(H,18,19). The minimum Gasteiger partial charge on any atom is -0.478 e.